The summed E-state index contributed by atoms with van der Waals surface area (Å²) < 4.78 is 11.7. The Morgan fingerprint density at radius 3 is 2.52 bits per heavy atom. The first-order valence-corrected chi connectivity index (χ1v) is 10.5. The standard InChI is InChI=1S/C21H19N3O3S2/c1-11-19(20(25)24-14-6-7-15-18(10-14)28-12(2)23-15)29-21(22-11)13-5-8-16(26-3)17(9-13)27-4/h5-10H,1-4H3,(H,24,25). The minimum absolute atomic E-state index is 0.174. The number of aryl methyl sites for hydroxylation is 2. The molecular weight excluding hydrogens is 406 g/mol. The number of thiazole rings is 2. The van der Waals surface area contributed by atoms with Crippen LogP contribution in [0.2, 0.25) is 0 Å². The van der Waals surface area contributed by atoms with Gasteiger partial charge in [0.25, 0.3) is 5.91 Å². The SMILES string of the molecule is COc1ccc(-c2nc(C)c(C(=O)Nc3ccc4nc(C)sc4c3)s2)cc1OC. The van der Waals surface area contributed by atoms with E-state index in [-0.39, 0.29) is 5.91 Å². The molecule has 0 unspecified atom stereocenters. The second kappa shape index (κ2) is 7.81. The molecule has 0 aliphatic carbocycles. The number of aromatic nitrogens is 2. The fourth-order valence-electron chi connectivity index (χ4n) is 3.01. The van der Waals surface area contributed by atoms with Crippen molar-refractivity contribution >= 4 is 44.5 Å². The topological polar surface area (TPSA) is 73.3 Å². The highest BCUT2D eigenvalue weighted by molar-refractivity contribution is 7.18. The second-order valence-electron chi connectivity index (χ2n) is 6.37. The lowest BCUT2D eigenvalue weighted by atomic mass is 10.2. The second-order valence-corrected chi connectivity index (χ2v) is 8.61. The normalized spacial score (nSPS) is 10.9. The van der Waals surface area contributed by atoms with Gasteiger partial charge in [0.1, 0.15) is 9.88 Å². The smallest absolute Gasteiger partial charge is 0.267 e. The Balaban J connectivity index is 1.60. The number of hydrogen-bond acceptors (Lipinski definition) is 7. The van der Waals surface area contributed by atoms with Crippen LogP contribution in [0, 0.1) is 13.8 Å². The number of nitrogens with zero attached hydrogens (tertiary/aromatic N) is 2. The summed E-state index contributed by atoms with van der Waals surface area (Å²) in [7, 11) is 3.19. The maximum atomic E-state index is 12.8. The monoisotopic (exact) mass is 425 g/mol. The molecule has 0 saturated carbocycles. The first-order valence-electron chi connectivity index (χ1n) is 8.87. The molecule has 1 N–H and O–H groups in total. The molecule has 0 aliphatic heterocycles. The molecule has 0 fully saturated rings. The van der Waals surface area contributed by atoms with Crippen LogP contribution in [0.15, 0.2) is 36.4 Å². The molecule has 6 nitrogen and oxygen atoms in total. The van der Waals surface area contributed by atoms with Gasteiger partial charge in [-0.25, -0.2) is 9.97 Å². The van der Waals surface area contributed by atoms with Gasteiger partial charge in [-0.3, -0.25) is 4.79 Å². The van der Waals surface area contributed by atoms with Crippen LogP contribution >= 0.6 is 22.7 Å². The van der Waals surface area contributed by atoms with E-state index in [1.54, 1.807) is 25.6 Å². The highest BCUT2D eigenvalue weighted by atomic mass is 32.1. The van der Waals surface area contributed by atoms with E-state index in [4.69, 9.17) is 9.47 Å². The van der Waals surface area contributed by atoms with E-state index in [0.29, 0.717) is 22.1 Å². The molecule has 4 aromatic rings. The van der Waals surface area contributed by atoms with Crippen LogP contribution in [-0.2, 0) is 0 Å². The molecule has 4 rings (SSSR count). The van der Waals surface area contributed by atoms with Gasteiger partial charge >= 0.3 is 0 Å². The Morgan fingerprint density at radius 1 is 0.966 bits per heavy atom. The van der Waals surface area contributed by atoms with Gasteiger partial charge in [0, 0.05) is 11.3 Å². The van der Waals surface area contributed by atoms with E-state index < -0.39 is 0 Å². The van der Waals surface area contributed by atoms with Crippen molar-refractivity contribution < 1.29 is 14.3 Å². The maximum absolute atomic E-state index is 12.8. The summed E-state index contributed by atoms with van der Waals surface area (Å²) in [4.78, 5) is 22.5. The fourth-order valence-corrected chi connectivity index (χ4v) is 4.83. The van der Waals surface area contributed by atoms with Crippen molar-refractivity contribution in [1.29, 1.82) is 0 Å². The van der Waals surface area contributed by atoms with Crippen LogP contribution in [0.1, 0.15) is 20.4 Å². The molecule has 29 heavy (non-hydrogen) atoms. The van der Waals surface area contributed by atoms with Crippen molar-refractivity contribution in [3.05, 3.63) is 52.0 Å². The van der Waals surface area contributed by atoms with E-state index >= 15 is 0 Å². The third kappa shape index (κ3) is 3.81. The van der Waals surface area contributed by atoms with Gasteiger partial charge in [0.15, 0.2) is 11.5 Å². The predicted octanol–water partition coefficient (Wildman–Crippen LogP) is 5.31. The van der Waals surface area contributed by atoms with E-state index in [2.05, 4.69) is 15.3 Å². The Kier molecular flexibility index (Phi) is 5.21. The molecule has 0 saturated heterocycles. The lowest BCUT2D eigenvalue weighted by Gasteiger charge is -2.08. The highest BCUT2D eigenvalue weighted by Gasteiger charge is 2.18. The molecule has 1 amide bonds. The molecule has 0 atom stereocenters. The Hall–Kier alpha value is -2.97. The van der Waals surface area contributed by atoms with Crippen LogP contribution in [0.5, 0.6) is 11.5 Å². The van der Waals surface area contributed by atoms with Gasteiger partial charge in [-0.15, -0.1) is 22.7 Å². The molecule has 0 aliphatic rings. The Bertz CT molecular complexity index is 1210. The van der Waals surface area contributed by atoms with Crippen molar-refractivity contribution in [1.82, 2.24) is 9.97 Å². The number of methoxy groups -OCH3 is 2. The predicted molar refractivity (Wildman–Crippen MR) is 118 cm³/mol. The summed E-state index contributed by atoms with van der Waals surface area (Å²) in [6, 6.07) is 11.3. The maximum Gasteiger partial charge on any atom is 0.267 e. The summed E-state index contributed by atoms with van der Waals surface area (Å²) in [6.45, 7) is 3.81. The zero-order valence-corrected chi connectivity index (χ0v) is 18.0. The van der Waals surface area contributed by atoms with Crippen LogP contribution in [-0.4, -0.2) is 30.1 Å². The van der Waals surface area contributed by atoms with Crippen molar-refractivity contribution in [2.24, 2.45) is 0 Å². The minimum Gasteiger partial charge on any atom is -0.493 e. The number of carbonyl (C=O) groups excluding carboxylic acids is 1. The highest BCUT2D eigenvalue weighted by Crippen LogP contribution is 2.35. The molecule has 148 valence electrons. The minimum atomic E-state index is -0.174. The van der Waals surface area contributed by atoms with Crippen LogP contribution in [0.25, 0.3) is 20.8 Å². The molecule has 0 radical (unpaired) electrons. The van der Waals surface area contributed by atoms with Crippen LogP contribution in [0.4, 0.5) is 5.69 Å². The van der Waals surface area contributed by atoms with Gasteiger partial charge in [-0.05, 0) is 50.2 Å². The zero-order chi connectivity index (χ0) is 20.5. The molecule has 0 spiro atoms. The summed E-state index contributed by atoms with van der Waals surface area (Å²) in [6.07, 6.45) is 0. The third-order valence-corrected chi connectivity index (χ3v) is 6.53. The van der Waals surface area contributed by atoms with Gasteiger partial charge in [-0.2, -0.15) is 0 Å². The number of hydrogen-bond donors (Lipinski definition) is 1. The molecule has 8 heteroatoms. The number of amides is 1. The zero-order valence-electron chi connectivity index (χ0n) is 16.4. The molecule has 2 heterocycles. The third-order valence-electron chi connectivity index (χ3n) is 4.39. The van der Waals surface area contributed by atoms with Gasteiger partial charge < -0.3 is 14.8 Å². The quantitative estimate of drug-likeness (QED) is 0.469. The van der Waals surface area contributed by atoms with Crippen LogP contribution in [0.3, 0.4) is 0 Å². The van der Waals surface area contributed by atoms with Gasteiger partial charge in [-0.1, -0.05) is 0 Å². The number of rotatable bonds is 5. The van der Waals surface area contributed by atoms with Gasteiger partial charge in [0.05, 0.1) is 35.1 Å². The summed E-state index contributed by atoms with van der Waals surface area (Å²) in [5.41, 5.74) is 3.24. The van der Waals surface area contributed by atoms with Crippen molar-refractivity contribution in [2.75, 3.05) is 19.5 Å². The summed E-state index contributed by atoms with van der Waals surface area (Å²) >= 11 is 2.96. The first-order chi connectivity index (χ1) is 14.0. The largest absolute Gasteiger partial charge is 0.493 e. The first kappa shape index (κ1) is 19.4. The van der Waals surface area contributed by atoms with E-state index in [0.717, 1.165) is 31.5 Å². The summed E-state index contributed by atoms with van der Waals surface area (Å²) in [5.74, 6) is 1.10. The molecule has 2 aromatic carbocycles. The van der Waals surface area contributed by atoms with E-state index in [1.165, 1.54) is 11.3 Å². The van der Waals surface area contributed by atoms with Crippen molar-refractivity contribution in [3.63, 3.8) is 0 Å². The number of nitrogens with one attached hydrogen (secondary N) is 1. The average molecular weight is 426 g/mol. The van der Waals surface area contributed by atoms with Crippen LogP contribution < -0.4 is 14.8 Å². The average Bonchev–Trinajstić information content (AvgIpc) is 3.28. The molecule has 2 aromatic heterocycles. The molecule has 0 bridgehead atoms. The lowest BCUT2D eigenvalue weighted by molar-refractivity contribution is 0.103. The number of benzene rings is 2. The number of ether oxygens (including phenoxy) is 2. The van der Waals surface area contributed by atoms with Crippen molar-refractivity contribution in [2.45, 2.75) is 13.8 Å². The Morgan fingerprint density at radius 2 is 1.76 bits per heavy atom. The van der Waals surface area contributed by atoms with Gasteiger partial charge in [0.2, 0.25) is 0 Å². The molecular formula is C21H19N3O3S2. The lowest BCUT2D eigenvalue weighted by Crippen LogP contribution is -2.11. The summed E-state index contributed by atoms with van der Waals surface area (Å²) in [5, 5.41) is 4.72. The Labute approximate surface area is 176 Å². The number of fused-ring (bicyclic) bond motifs is 1. The van der Waals surface area contributed by atoms with Crippen molar-refractivity contribution in [3.8, 4) is 22.1 Å². The fraction of sp³-hybridized carbons (Fsp3) is 0.190. The number of anilines is 1. The number of carbonyl (C=O) groups is 1. The van der Waals surface area contributed by atoms with E-state index in [9.17, 15) is 4.79 Å². The van der Waals surface area contributed by atoms with E-state index in [1.807, 2.05) is 50.2 Å².